The zero-order valence-electron chi connectivity index (χ0n) is 11.9. The van der Waals surface area contributed by atoms with Gasteiger partial charge in [0.2, 0.25) is 0 Å². The van der Waals surface area contributed by atoms with Crippen LogP contribution in [0, 0.1) is 5.92 Å². The van der Waals surface area contributed by atoms with Crippen molar-refractivity contribution in [1.29, 1.82) is 0 Å². The van der Waals surface area contributed by atoms with Crippen LogP contribution in [0.25, 0.3) is 0 Å². The van der Waals surface area contributed by atoms with E-state index in [9.17, 15) is 0 Å². The largest absolute Gasteiger partial charge is 0.311 e. The molecule has 0 aliphatic carbocycles. The fourth-order valence-electron chi connectivity index (χ4n) is 4.11. The Morgan fingerprint density at radius 1 is 1.00 bits per heavy atom. The second-order valence-electron chi connectivity index (χ2n) is 6.53. The lowest BCUT2D eigenvalue weighted by atomic mass is 9.92. The Kier molecular flexibility index (Phi) is 4.22. The SMILES string of the molecule is CCCN1CCC(NC2CCN3CCC2C3)CC1. The Labute approximate surface area is 112 Å². The summed E-state index contributed by atoms with van der Waals surface area (Å²) in [7, 11) is 0. The predicted octanol–water partition coefficient (Wildman–Crippen LogP) is 1.54. The molecule has 3 saturated heterocycles. The summed E-state index contributed by atoms with van der Waals surface area (Å²) in [6.45, 7) is 10.3. The number of piperidine rings is 2. The predicted molar refractivity (Wildman–Crippen MR) is 75.8 cm³/mol. The van der Waals surface area contributed by atoms with Crippen LogP contribution < -0.4 is 5.32 Å². The van der Waals surface area contributed by atoms with E-state index >= 15 is 0 Å². The molecule has 2 bridgehead atoms. The summed E-state index contributed by atoms with van der Waals surface area (Å²) in [5, 5.41) is 3.99. The fourth-order valence-corrected chi connectivity index (χ4v) is 4.11. The van der Waals surface area contributed by atoms with Gasteiger partial charge in [-0.3, -0.25) is 0 Å². The number of likely N-dealkylation sites (tertiary alicyclic amines) is 1. The smallest absolute Gasteiger partial charge is 0.0123 e. The van der Waals surface area contributed by atoms with E-state index in [1.54, 1.807) is 0 Å². The van der Waals surface area contributed by atoms with Crippen molar-refractivity contribution in [2.24, 2.45) is 5.92 Å². The minimum Gasteiger partial charge on any atom is -0.311 e. The molecule has 18 heavy (non-hydrogen) atoms. The molecule has 3 atom stereocenters. The molecule has 0 saturated carbocycles. The Morgan fingerprint density at radius 2 is 1.78 bits per heavy atom. The van der Waals surface area contributed by atoms with E-state index in [2.05, 4.69) is 22.0 Å². The standard InChI is InChI=1S/C15H29N3/c1-2-7-17-9-4-14(5-10-17)16-15-6-11-18-8-3-13(15)12-18/h13-16H,2-12H2,1H3. The zero-order valence-corrected chi connectivity index (χ0v) is 11.9. The first-order valence-corrected chi connectivity index (χ1v) is 8.06. The van der Waals surface area contributed by atoms with Crippen molar-refractivity contribution in [3.8, 4) is 0 Å². The number of nitrogens with one attached hydrogen (secondary N) is 1. The van der Waals surface area contributed by atoms with Gasteiger partial charge < -0.3 is 15.1 Å². The molecule has 0 amide bonds. The normalized spacial score (nSPS) is 38.2. The minimum atomic E-state index is 0.801. The van der Waals surface area contributed by atoms with Crippen molar-refractivity contribution in [2.75, 3.05) is 39.3 Å². The first kappa shape index (κ1) is 12.9. The molecule has 0 spiro atoms. The highest BCUT2D eigenvalue weighted by Crippen LogP contribution is 2.28. The third-order valence-corrected chi connectivity index (χ3v) is 5.21. The van der Waals surface area contributed by atoms with Crippen LogP contribution in [0.3, 0.4) is 0 Å². The van der Waals surface area contributed by atoms with Crippen LogP contribution in [0.4, 0.5) is 0 Å². The van der Waals surface area contributed by atoms with Crippen molar-refractivity contribution in [2.45, 2.75) is 51.1 Å². The molecule has 3 unspecified atom stereocenters. The summed E-state index contributed by atoms with van der Waals surface area (Å²) in [6.07, 6.45) is 6.87. The summed E-state index contributed by atoms with van der Waals surface area (Å²) >= 11 is 0. The van der Waals surface area contributed by atoms with Gasteiger partial charge in [-0.2, -0.15) is 0 Å². The fraction of sp³-hybridized carbons (Fsp3) is 1.00. The molecule has 3 nitrogen and oxygen atoms in total. The van der Waals surface area contributed by atoms with Crippen LogP contribution in [0.5, 0.6) is 0 Å². The van der Waals surface area contributed by atoms with E-state index < -0.39 is 0 Å². The second-order valence-corrected chi connectivity index (χ2v) is 6.53. The molecule has 3 rings (SSSR count). The van der Waals surface area contributed by atoms with Gasteiger partial charge in [-0.05, 0) is 70.7 Å². The van der Waals surface area contributed by atoms with Gasteiger partial charge in [0, 0.05) is 18.6 Å². The topological polar surface area (TPSA) is 18.5 Å². The van der Waals surface area contributed by atoms with Crippen molar-refractivity contribution >= 4 is 0 Å². The number of rotatable bonds is 4. The average Bonchev–Trinajstić information content (AvgIpc) is 2.78. The zero-order chi connectivity index (χ0) is 12.4. The maximum absolute atomic E-state index is 3.99. The molecule has 3 aliphatic rings. The van der Waals surface area contributed by atoms with Gasteiger partial charge in [0.25, 0.3) is 0 Å². The highest BCUT2D eigenvalue weighted by atomic mass is 15.2. The summed E-state index contributed by atoms with van der Waals surface area (Å²) in [5.41, 5.74) is 0. The second kappa shape index (κ2) is 5.89. The Morgan fingerprint density at radius 3 is 2.56 bits per heavy atom. The summed E-state index contributed by atoms with van der Waals surface area (Å²) in [4.78, 5) is 5.28. The average molecular weight is 251 g/mol. The molecule has 3 heteroatoms. The lowest BCUT2D eigenvalue weighted by molar-refractivity contribution is 0.161. The van der Waals surface area contributed by atoms with E-state index in [1.807, 2.05) is 0 Å². The van der Waals surface area contributed by atoms with Gasteiger partial charge in [-0.25, -0.2) is 0 Å². The summed E-state index contributed by atoms with van der Waals surface area (Å²) in [6, 6.07) is 1.63. The Bertz CT molecular complexity index is 260. The molecule has 104 valence electrons. The highest BCUT2D eigenvalue weighted by molar-refractivity contribution is 4.93. The Balaban J connectivity index is 1.43. The van der Waals surface area contributed by atoms with E-state index in [1.165, 1.54) is 71.4 Å². The van der Waals surface area contributed by atoms with Crippen LogP contribution in [0.1, 0.15) is 39.0 Å². The van der Waals surface area contributed by atoms with E-state index in [0.717, 1.165) is 18.0 Å². The van der Waals surface area contributed by atoms with Gasteiger partial charge in [-0.15, -0.1) is 0 Å². The van der Waals surface area contributed by atoms with Gasteiger partial charge in [0.1, 0.15) is 0 Å². The minimum absolute atomic E-state index is 0.801. The molecule has 3 heterocycles. The van der Waals surface area contributed by atoms with Gasteiger partial charge >= 0.3 is 0 Å². The monoisotopic (exact) mass is 251 g/mol. The molecule has 0 aromatic carbocycles. The number of hydrogen-bond acceptors (Lipinski definition) is 3. The summed E-state index contributed by atoms with van der Waals surface area (Å²) < 4.78 is 0. The van der Waals surface area contributed by atoms with E-state index in [-0.39, 0.29) is 0 Å². The van der Waals surface area contributed by atoms with Crippen molar-refractivity contribution in [3.63, 3.8) is 0 Å². The molecule has 0 radical (unpaired) electrons. The van der Waals surface area contributed by atoms with Crippen molar-refractivity contribution in [3.05, 3.63) is 0 Å². The van der Waals surface area contributed by atoms with Gasteiger partial charge in [0.05, 0.1) is 0 Å². The van der Waals surface area contributed by atoms with Crippen molar-refractivity contribution in [1.82, 2.24) is 15.1 Å². The highest BCUT2D eigenvalue weighted by Gasteiger charge is 2.35. The van der Waals surface area contributed by atoms with Crippen LogP contribution in [-0.2, 0) is 0 Å². The van der Waals surface area contributed by atoms with Crippen LogP contribution in [-0.4, -0.2) is 61.2 Å². The quantitative estimate of drug-likeness (QED) is 0.818. The molecular weight excluding hydrogens is 222 g/mol. The van der Waals surface area contributed by atoms with Crippen LogP contribution >= 0.6 is 0 Å². The molecular formula is C15H29N3. The first-order chi connectivity index (χ1) is 8.85. The first-order valence-electron chi connectivity index (χ1n) is 8.06. The maximum Gasteiger partial charge on any atom is 0.0123 e. The Hall–Kier alpha value is -0.120. The third-order valence-electron chi connectivity index (χ3n) is 5.21. The van der Waals surface area contributed by atoms with E-state index in [4.69, 9.17) is 0 Å². The van der Waals surface area contributed by atoms with Crippen LogP contribution in [0.2, 0.25) is 0 Å². The molecule has 0 aromatic rings. The lowest BCUT2D eigenvalue weighted by Gasteiger charge is -2.38. The van der Waals surface area contributed by atoms with E-state index in [0.29, 0.717) is 0 Å². The van der Waals surface area contributed by atoms with Crippen molar-refractivity contribution < 1.29 is 0 Å². The number of hydrogen-bond donors (Lipinski definition) is 1. The van der Waals surface area contributed by atoms with Gasteiger partial charge in [0.15, 0.2) is 0 Å². The maximum atomic E-state index is 3.99. The molecule has 3 aliphatic heterocycles. The van der Waals surface area contributed by atoms with Gasteiger partial charge in [-0.1, -0.05) is 6.92 Å². The lowest BCUT2D eigenvalue weighted by Crippen LogP contribution is -2.51. The molecule has 1 N–H and O–H groups in total. The number of nitrogens with zero attached hydrogens (tertiary/aromatic N) is 2. The number of fused-ring (bicyclic) bond motifs is 2. The summed E-state index contributed by atoms with van der Waals surface area (Å²) in [5.74, 6) is 0.951. The third kappa shape index (κ3) is 2.89. The van der Waals surface area contributed by atoms with Crippen LogP contribution in [0.15, 0.2) is 0 Å². The molecule has 0 aromatic heterocycles. The molecule has 3 fully saturated rings.